The Morgan fingerprint density at radius 2 is 1.69 bits per heavy atom. The minimum absolute atomic E-state index is 0.209. The van der Waals surface area contributed by atoms with Crippen LogP contribution < -0.4 is 18.9 Å². The van der Waals surface area contributed by atoms with Crippen LogP contribution in [0.2, 0.25) is 0 Å². The first kappa shape index (κ1) is 25.9. The number of rotatable bonds is 8. The fraction of sp³-hybridized carbons (Fsp3) is 0.308. The molecule has 2 aromatic carbocycles. The fourth-order valence-electron chi connectivity index (χ4n) is 3.87. The van der Waals surface area contributed by atoms with E-state index in [0.717, 1.165) is 26.9 Å². The molecule has 0 aliphatic carbocycles. The molecule has 0 bridgehead atoms. The molecule has 0 saturated heterocycles. The quantitative estimate of drug-likeness (QED) is 0.342. The van der Waals surface area contributed by atoms with Gasteiger partial charge in [-0.25, -0.2) is 23.1 Å². The summed E-state index contributed by atoms with van der Waals surface area (Å²) in [5.74, 6) is 2.27. The summed E-state index contributed by atoms with van der Waals surface area (Å²) in [5.41, 5.74) is 2.73. The van der Waals surface area contributed by atoms with Crippen LogP contribution in [0.4, 0.5) is 0 Å². The third kappa shape index (κ3) is 5.45. The van der Waals surface area contributed by atoms with Crippen molar-refractivity contribution in [3.8, 4) is 28.4 Å². The zero-order valence-electron chi connectivity index (χ0n) is 21.1. The van der Waals surface area contributed by atoms with Gasteiger partial charge in [0.25, 0.3) is 0 Å². The Bertz CT molecular complexity index is 1480. The molecule has 190 valence electrons. The lowest BCUT2D eigenvalue weighted by molar-refractivity contribution is 0.324. The number of benzene rings is 2. The van der Waals surface area contributed by atoms with Crippen LogP contribution in [0.5, 0.6) is 17.2 Å². The van der Waals surface area contributed by atoms with Gasteiger partial charge in [-0.15, -0.1) is 11.3 Å². The van der Waals surface area contributed by atoms with Gasteiger partial charge in [-0.3, -0.25) is 0 Å². The van der Waals surface area contributed by atoms with Gasteiger partial charge in [0.15, 0.2) is 11.5 Å². The first-order valence-electron chi connectivity index (χ1n) is 11.2. The van der Waals surface area contributed by atoms with Crippen molar-refractivity contribution in [1.29, 1.82) is 0 Å². The van der Waals surface area contributed by atoms with Crippen LogP contribution >= 0.6 is 11.3 Å². The zero-order chi connectivity index (χ0) is 26.1. The number of nitrogens with zero attached hydrogens (tertiary/aromatic N) is 2. The van der Waals surface area contributed by atoms with Crippen LogP contribution in [0.15, 0.2) is 52.9 Å². The highest BCUT2D eigenvalue weighted by Crippen LogP contribution is 2.39. The van der Waals surface area contributed by atoms with E-state index in [4.69, 9.17) is 19.2 Å². The van der Waals surface area contributed by atoms with Gasteiger partial charge in [0, 0.05) is 29.1 Å². The highest BCUT2D eigenvalue weighted by atomic mass is 32.2. The maximum absolute atomic E-state index is 12.9. The van der Waals surface area contributed by atoms with E-state index in [1.54, 1.807) is 45.7 Å². The molecule has 36 heavy (non-hydrogen) atoms. The van der Waals surface area contributed by atoms with Crippen molar-refractivity contribution >= 4 is 31.6 Å². The van der Waals surface area contributed by atoms with Gasteiger partial charge >= 0.3 is 0 Å². The van der Waals surface area contributed by atoms with Gasteiger partial charge < -0.3 is 14.2 Å². The third-order valence-corrected chi connectivity index (χ3v) is 8.01. The highest BCUT2D eigenvalue weighted by molar-refractivity contribution is 7.89. The number of hydrogen-bond acceptors (Lipinski definition) is 8. The van der Waals surface area contributed by atoms with Crippen LogP contribution in [-0.2, 0) is 16.4 Å². The summed E-state index contributed by atoms with van der Waals surface area (Å²) in [7, 11) is 1.05. The molecule has 10 heteroatoms. The zero-order valence-corrected chi connectivity index (χ0v) is 22.7. The van der Waals surface area contributed by atoms with E-state index in [9.17, 15) is 8.42 Å². The number of ether oxygens (including phenoxy) is 3. The molecule has 0 saturated carbocycles. The predicted molar refractivity (Wildman–Crippen MR) is 142 cm³/mol. The van der Waals surface area contributed by atoms with Crippen molar-refractivity contribution in [2.45, 2.75) is 37.6 Å². The molecule has 0 aliphatic rings. The first-order chi connectivity index (χ1) is 17.0. The van der Waals surface area contributed by atoms with E-state index < -0.39 is 15.6 Å². The van der Waals surface area contributed by atoms with Gasteiger partial charge in [0.1, 0.15) is 5.82 Å². The molecule has 0 atom stereocenters. The molecule has 2 aromatic heterocycles. The number of thiophene rings is 1. The molecule has 0 amide bonds. The second-order valence-corrected chi connectivity index (χ2v) is 11.8. The van der Waals surface area contributed by atoms with E-state index >= 15 is 0 Å². The van der Waals surface area contributed by atoms with E-state index in [0.29, 0.717) is 29.5 Å². The largest absolute Gasteiger partial charge is 0.493 e. The Hall–Kier alpha value is -3.21. The maximum Gasteiger partial charge on any atom is 0.241 e. The lowest BCUT2D eigenvalue weighted by atomic mass is 10.1. The second kappa shape index (κ2) is 10.0. The molecule has 0 spiro atoms. The SMILES string of the molecule is COc1cc(Cc2ncc3scc(-c4cccc(S(=O)(=O)NC(C)(C)C)c4)c3n2)cc(OC)c1OC. The van der Waals surface area contributed by atoms with Crippen LogP contribution in [-0.4, -0.2) is 45.3 Å². The molecule has 0 radical (unpaired) electrons. The molecule has 8 nitrogen and oxygen atoms in total. The number of hydrogen-bond donors (Lipinski definition) is 1. The van der Waals surface area contributed by atoms with E-state index in [1.807, 2.05) is 44.4 Å². The van der Waals surface area contributed by atoms with Crippen molar-refractivity contribution in [1.82, 2.24) is 14.7 Å². The van der Waals surface area contributed by atoms with Gasteiger partial charge in [0.05, 0.1) is 36.4 Å². The standard InChI is InChI=1S/C26H29N3O5S2/c1-26(2,3)29-36(30,31)18-9-7-8-17(13-18)19-15-35-22-14-27-23(28-24(19)22)12-16-10-20(32-4)25(34-6)21(11-16)33-5/h7-11,13-15,29H,12H2,1-6H3. The Kier molecular flexibility index (Phi) is 7.21. The monoisotopic (exact) mass is 527 g/mol. The van der Waals surface area contributed by atoms with Crippen LogP contribution in [0, 0.1) is 0 Å². The van der Waals surface area contributed by atoms with Gasteiger partial charge in [-0.2, -0.15) is 0 Å². The Morgan fingerprint density at radius 3 is 2.31 bits per heavy atom. The minimum Gasteiger partial charge on any atom is -0.493 e. The number of aromatic nitrogens is 2. The van der Waals surface area contributed by atoms with Crippen molar-refractivity contribution in [3.63, 3.8) is 0 Å². The number of nitrogens with one attached hydrogen (secondary N) is 1. The lowest BCUT2D eigenvalue weighted by Crippen LogP contribution is -2.40. The summed E-state index contributed by atoms with van der Waals surface area (Å²) in [4.78, 5) is 9.58. The average molecular weight is 528 g/mol. The second-order valence-electron chi connectivity index (χ2n) is 9.24. The molecular formula is C26H29N3O5S2. The van der Waals surface area contributed by atoms with Crippen LogP contribution in [0.25, 0.3) is 21.3 Å². The Labute approximate surface area is 215 Å². The van der Waals surface area contributed by atoms with E-state index in [2.05, 4.69) is 9.71 Å². The summed E-state index contributed by atoms with van der Waals surface area (Å²) in [5, 5.41) is 1.98. The van der Waals surface area contributed by atoms with Crippen LogP contribution in [0.1, 0.15) is 32.2 Å². The normalized spacial score (nSPS) is 12.1. The molecule has 4 rings (SSSR count). The Morgan fingerprint density at radius 1 is 1.00 bits per heavy atom. The van der Waals surface area contributed by atoms with Crippen molar-refractivity contribution in [3.05, 3.63) is 59.4 Å². The summed E-state index contributed by atoms with van der Waals surface area (Å²) in [6.45, 7) is 5.44. The number of methoxy groups -OCH3 is 3. The minimum atomic E-state index is -3.67. The molecule has 0 fully saturated rings. The Balaban J connectivity index is 1.71. The van der Waals surface area contributed by atoms with Crippen molar-refractivity contribution in [2.24, 2.45) is 0 Å². The molecule has 0 aliphatic heterocycles. The van der Waals surface area contributed by atoms with E-state index in [1.165, 1.54) is 11.3 Å². The molecule has 0 unspecified atom stereocenters. The smallest absolute Gasteiger partial charge is 0.241 e. The highest BCUT2D eigenvalue weighted by Gasteiger charge is 2.23. The summed E-state index contributed by atoms with van der Waals surface area (Å²) in [6, 6.07) is 10.7. The van der Waals surface area contributed by atoms with Gasteiger partial charge in [-0.05, 0) is 56.2 Å². The predicted octanol–water partition coefficient (Wildman–Crippen LogP) is 5.05. The first-order valence-corrected chi connectivity index (χ1v) is 13.6. The summed E-state index contributed by atoms with van der Waals surface area (Å²) >= 11 is 1.52. The summed E-state index contributed by atoms with van der Waals surface area (Å²) < 4.78 is 45.7. The number of fused-ring (bicyclic) bond motifs is 1. The van der Waals surface area contributed by atoms with Crippen molar-refractivity contribution in [2.75, 3.05) is 21.3 Å². The molecular weight excluding hydrogens is 498 g/mol. The van der Waals surface area contributed by atoms with Gasteiger partial charge in [0.2, 0.25) is 15.8 Å². The topological polar surface area (TPSA) is 99.6 Å². The van der Waals surface area contributed by atoms with Crippen LogP contribution in [0.3, 0.4) is 0 Å². The third-order valence-electron chi connectivity index (χ3n) is 5.35. The number of sulfonamides is 1. The molecule has 2 heterocycles. The average Bonchev–Trinajstić information content (AvgIpc) is 3.25. The fourth-order valence-corrected chi connectivity index (χ4v) is 6.20. The lowest BCUT2D eigenvalue weighted by Gasteiger charge is -2.20. The summed E-state index contributed by atoms with van der Waals surface area (Å²) in [6.07, 6.45) is 2.25. The van der Waals surface area contributed by atoms with Crippen molar-refractivity contribution < 1.29 is 22.6 Å². The van der Waals surface area contributed by atoms with Gasteiger partial charge in [-0.1, -0.05) is 12.1 Å². The molecule has 1 N–H and O–H groups in total. The van der Waals surface area contributed by atoms with E-state index in [-0.39, 0.29) is 4.90 Å². The molecule has 4 aromatic rings. The maximum atomic E-state index is 12.9.